The van der Waals surface area contributed by atoms with E-state index in [2.05, 4.69) is 0 Å². The number of hydrogen-bond acceptors (Lipinski definition) is 4. The molecule has 1 saturated heterocycles. The Morgan fingerprint density at radius 2 is 2.00 bits per heavy atom. The molecular weight excluding hydrogens is 341 g/mol. The lowest BCUT2D eigenvalue weighted by molar-refractivity contribution is 0.0697. The molecule has 116 valence electrons. The van der Waals surface area contributed by atoms with Crippen LogP contribution in [0.2, 0.25) is 10.0 Å². The van der Waals surface area contributed by atoms with Crippen molar-refractivity contribution in [3.05, 3.63) is 27.7 Å². The average molecular weight is 354 g/mol. The van der Waals surface area contributed by atoms with E-state index >= 15 is 0 Å². The molecule has 0 amide bonds. The fraction of sp³-hybridized carbons (Fsp3) is 0.417. The number of β-amino-alcohol motifs (C(OH)–C–C–N with tert-alkyl or cyclic N) is 1. The average Bonchev–Trinajstić information content (AvgIpc) is 2.37. The first-order valence-corrected chi connectivity index (χ1v) is 8.34. The van der Waals surface area contributed by atoms with Gasteiger partial charge < -0.3 is 10.2 Å². The molecular formula is C12H13Cl2NO5S. The van der Waals surface area contributed by atoms with E-state index in [1.54, 1.807) is 0 Å². The third-order valence-corrected chi connectivity index (χ3v) is 5.97. The van der Waals surface area contributed by atoms with E-state index in [0.29, 0.717) is 12.8 Å². The highest BCUT2D eigenvalue weighted by molar-refractivity contribution is 7.89. The lowest BCUT2D eigenvalue weighted by Gasteiger charge is -2.29. The molecule has 0 aliphatic carbocycles. The highest BCUT2D eigenvalue weighted by Crippen LogP contribution is 2.33. The van der Waals surface area contributed by atoms with Gasteiger partial charge >= 0.3 is 5.97 Å². The minimum Gasteiger partial charge on any atom is -0.478 e. The van der Waals surface area contributed by atoms with Crippen LogP contribution in [0.4, 0.5) is 0 Å². The molecule has 0 radical (unpaired) electrons. The van der Waals surface area contributed by atoms with Crippen molar-refractivity contribution >= 4 is 39.2 Å². The van der Waals surface area contributed by atoms with Crippen LogP contribution in [-0.2, 0) is 10.0 Å². The zero-order valence-electron chi connectivity index (χ0n) is 10.8. The number of aliphatic hydroxyl groups excluding tert-OH is 1. The van der Waals surface area contributed by atoms with Crippen LogP contribution in [0.15, 0.2) is 17.0 Å². The largest absolute Gasteiger partial charge is 0.478 e. The van der Waals surface area contributed by atoms with Crippen molar-refractivity contribution in [3.63, 3.8) is 0 Å². The second-order valence-corrected chi connectivity index (χ2v) is 7.39. The maximum atomic E-state index is 12.5. The second kappa shape index (κ2) is 6.10. The molecule has 9 heteroatoms. The van der Waals surface area contributed by atoms with E-state index in [0.717, 1.165) is 4.31 Å². The van der Waals surface area contributed by atoms with Gasteiger partial charge in [0.25, 0.3) is 0 Å². The van der Waals surface area contributed by atoms with Crippen molar-refractivity contribution in [2.45, 2.75) is 23.8 Å². The molecule has 1 unspecified atom stereocenters. The monoisotopic (exact) mass is 353 g/mol. The highest BCUT2D eigenvalue weighted by atomic mass is 35.5. The van der Waals surface area contributed by atoms with E-state index in [4.69, 9.17) is 28.3 Å². The fourth-order valence-corrected chi connectivity index (χ4v) is 4.62. The number of piperidine rings is 1. The van der Waals surface area contributed by atoms with Crippen LogP contribution >= 0.6 is 23.2 Å². The van der Waals surface area contributed by atoms with Gasteiger partial charge in [0.2, 0.25) is 10.0 Å². The Morgan fingerprint density at radius 1 is 1.33 bits per heavy atom. The number of carboxylic acids is 1. The molecule has 0 aromatic heterocycles. The number of hydrogen-bond donors (Lipinski definition) is 2. The number of benzene rings is 1. The molecule has 1 aliphatic heterocycles. The summed E-state index contributed by atoms with van der Waals surface area (Å²) >= 11 is 11.7. The molecule has 2 rings (SSSR count). The van der Waals surface area contributed by atoms with Crippen LogP contribution in [0.1, 0.15) is 23.2 Å². The summed E-state index contributed by atoms with van der Waals surface area (Å²) < 4.78 is 26.2. The van der Waals surface area contributed by atoms with Gasteiger partial charge in [0, 0.05) is 13.1 Å². The normalized spacial score (nSPS) is 20.4. The number of carboxylic acid groups (broad SMARTS) is 1. The Balaban J connectivity index is 2.50. The SMILES string of the molecule is O=C(O)c1c(Cl)ccc(S(=O)(=O)N2CCCC(O)C2)c1Cl. The first-order valence-electron chi connectivity index (χ1n) is 6.14. The van der Waals surface area contributed by atoms with Crippen molar-refractivity contribution in [1.29, 1.82) is 0 Å². The minimum absolute atomic E-state index is 0.0380. The number of sulfonamides is 1. The summed E-state index contributed by atoms with van der Waals surface area (Å²) in [5, 5.41) is 18.1. The Morgan fingerprint density at radius 3 is 2.57 bits per heavy atom. The Hall–Kier alpha value is -0.860. The second-order valence-electron chi connectivity index (χ2n) is 4.70. The van der Waals surface area contributed by atoms with Crippen LogP contribution in [0.3, 0.4) is 0 Å². The van der Waals surface area contributed by atoms with Gasteiger partial charge in [0.05, 0.1) is 21.7 Å². The van der Waals surface area contributed by atoms with Gasteiger partial charge in [-0.25, -0.2) is 13.2 Å². The van der Waals surface area contributed by atoms with Crippen molar-refractivity contribution in [2.24, 2.45) is 0 Å². The van der Waals surface area contributed by atoms with E-state index in [1.165, 1.54) is 12.1 Å². The molecule has 2 N–H and O–H groups in total. The third kappa shape index (κ3) is 3.17. The smallest absolute Gasteiger partial charge is 0.338 e. The van der Waals surface area contributed by atoms with Crippen molar-refractivity contribution in [3.8, 4) is 0 Å². The number of rotatable bonds is 3. The van der Waals surface area contributed by atoms with Crippen LogP contribution in [0, 0.1) is 0 Å². The quantitative estimate of drug-likeness (QED) is 0.864. The van der Waals surface area contributed by atoms with Gasteiger partial charge in [-0.3, -0.25) is 0 Å². The first-order chi connectivity index (χ1) is 9.75. The summed E-state index contributed by atoms with van der Waals surface area (Å²) in [4.78, 5) is 10.8. The zero-order valence-corrected chi connectivity index (χ0v) is 13.1. The minimum atomic E-state index is -3.98. The standard InChI is InChI=1S/C12H13Cl2NO5S/c13-8-3-4-9(11(14)10(8)12(17)18)21(19,20)15-5-1-2-7(16)6-15/h3-4,7,16H,1-2,5-6H2,(H,17,18). The molecule has 1 fully saturated rings. The lowest BCUT2D eigenvalue weighted by atomic mass is 10.1. The maximum Gasteiger partial charge on any atom is 0.338 e. The molecule has 0 spiro atoms. The van der Waals surface area contributed by atoms with Crippen molar-refractivity contribution < 1.29 is 23.4 Å². The molecule has 6 nitrogen and oxygen atoms in total. The molecule has 1 heterocycles. The van der Waals surface area contributed by atoms with Gasteiger partial charge in [0.1, 0.15) is 4.90 Å². The predicted molar refractivity (Wildman–Crippen MR) is 77.4 cm³/mol. The van der Waals surface area contributed by atoms with Gasteiger partial charge in [-0.2, -0.15) is 4.31 Å². The Bertz CT molecular complexity index is 676. The molecule has 21 heavy (non-hydrogen) atoms. The van der Waals surface area contributed by atoms with Gasteiger partial charge in [0.15, 0.2) is 0 Å². The molecule has 1 aromatic carbocycles. The first kappa shape index (κ1) is 16.5. The highest BCUT2D eigenvalue weighted by Gasteiger charge is 2.32. The molecule has 0 saturated carbocycles. The van der Waals surface area contributed by atoms with Crippen LogP contribution < -0.4 is 0 Å². The number of nitrogens with zero attached hydrogens (tertiary/aromatic N) is 1. The summed E-state index contributed by atoms with van der Waals surface area (Å²) in [6, 6.07) is 2.36. The Kier molecular flexibility index (Phi) is 4.79. The number of aliphatic hydroxyl groups is 1. The number of aromatic carboxylic acids is 1. The van der Waals surface area contributed by atoms with E-state index < -0.39 is 32.7 Å². The summed E-state index contributed by atoms with van der Waals surface area (Å²) in [6.45, 7) is 0.213. The zero-order chi connectivity index (χ0) is 15.8. The lowest BCUT2D eigenvalue weighted by Crippen LogP contribution is -2.42. The summed E-state index contributed by atoms with van der Waals surface area (Å²) in [7, 11) is -3.98. The summed E-state index contributed by atoms with van der Waals surface area (Å²) in [5.41, 5.74) is -0.447. The molecule has 0 bridgehead atoms. The van der Waals surface area contributed by atoms with Crippen molar-refractivity contribution in [1.82, 2.24) is 4.31 Å². The summed E-state index contributed by atoms with van der Waals surface area (Å²) in [6.07, 6.45) is 0.316. The van der Waals surface area contributed by atoms with Crippen LogP contribution in [-0.4, -0.2) is 48.1 Å². The van der Waals surface area contributed by atoms with Crippen LogP contribution in [0.25, 0.3) is 0 Å². The van der Waals surface area contributed by atoms with Gasteiger partial charge in [-0.05, 0) is 25.0 Å². The topological polar surface area (TPSA) is 94.9 Å². The molecule has 1 atom stereocenters. The molecule has 1 aromatic rings. The van der Waals surface area contributed by atoms with E-state index in [-0.39, 0.29) is 23.0 Å². The van der Waals surface area contributed by atoms with Crippen molar-refractivity contribution in [2.75, 3.05) is 13.1 Å². The van der Waals surface area contributed by atoms with E-state index in [9.17, 15) is 18.3 Å². The van der Waals surface area contributed by atoms with Crippen LogP contribution in [0.5, 0.6) is 0 Å². The molecule has 1 aliphatic rings. The number of halogens is 2. The summed E-state index contributed by atoms with van der Waals surface area (Å²) in [5.74, 6) is -1.40. The van der Waals surface area contributed by atoms with E-state index in [1.807, 2.05) is 0 Å². The Labute approximate surface area is 131 Å². The fourth-order valence-electron chi connectivity index (χ4n) is 2.21. The van der Waals surface area contributed by atoms with Gasteiger partial charge in [-0.15, -0.1) is 0 Å². The third-order valence-electron chi connectivity index (χ3n) is 3.25. The number of carbonyl (C=O) groups is 1. The van der Waals surface area contributed by atoms with Gasteiger partial charge in [-0.1, -0.05) is 23.2 Å². The predicted octanol–water partition coefficient (Wildman–Crippen LogP) is 1.84. The maximum absolute atomic E-state index is 12.5.